The molecule has 1 nitrogen and oxygen atoms in total. The number of halogens is 1. The Kier molecular flexibility index (Phi) is 5.44. The van der Waals surface area contributed by atoms with E-state index in [1.165, 1.54) is 64.3 Å². The third-order valence-electron chi connectivity index (χ3n) is 4.54. The average Bonchev–Trinajstić information content (AvgIpc) is 2.38. The quantitative estimate of drug-likeness (QED) is 0.738. The molecule has 0 bridgehead atoms. The van der Waals surface area contributed by atoms with Gasteiger partial charge in [0.05, 0.1) is 0 Å². The Bertz CT molecular complexity index is 189. The van der Waals surface area contributed by atoms with E-state index in [0.717, 1.165) is 23.8 Å². The van der Waals surface area contributed by atoms with Gasteiger partial charge in [0.25, 0.3) is 0 Å². The molecular weight excluding hydrogens is 218 g/mol. The predicted molar refractivity (Wildman–Crippen MR) is 71.0 cm³/mol. The van der Waals surface area contributed by atoms with Gasteiger partial charge in [-0.3, -0.25) is 0 Å². The first-order valence-corrected chi connectivity index (χ1v) is 7.73. The first-order valence-electron chi connectivity index (χ1n) is 7.19. The van der Waals surface area contributed by atoms with Gasteiger partial charge in [-0.15, -0.1) is 11.6 Å². The van der Waals surface area contributed by atoms with E-state index in [2.05, 4.69) is 5.32 Å². The van der Waals surface area contributed by atoms with E-state index in [4.69, 9.17) is 11.6 Å². The maximum Gasteiger partial charge on any atom is 0.0254 e. The lowest BCUT2D eigenvalue weighted by Crippen LogP contribution is -2.38. The van der Waals surface area contributed by atoms with Crippen molar-refractivity contribution in [3.8, 4) is 0 Å². The van der Waals surface area contributed by atoms with Gasteiger partial charge in [0.1, 0.15) is 0 Å². The molecule has 2 saturated carbocycles. The molecule has 2 unspecified atom stereocenters. The minimum Gasteiger partial charge on any atom is -0.314 e. The second-order valence-electron chi connectivity index (χ2n) is 5.70. The molecule has 94 valence electrons. The molecule has 0 aliphatic heterocycles. The van der Waals surface area contributed by atoms with Gasteiger partial charge in [0.15, 0.2) is 0 Å². The number of hydrogen-bond donors (Lipinski definition) is 1. The zero-order chi connectivity index (χ0) is 11.2. The predicted octanol–water partition coefficient (Wildman–Crippen LogP) is 3.95. The van der Waals surface area contributed by atoms with E-state index in [1.807, 2.05) is 0 Å². The molecule has 0 spiro atoms. The monoisotopic (exact) mass is 243 g/mol. The van der Waals surface area contributed by atoms with Crippen molar-refractivity contribution in [2.45, 2.75) is 63.8 Å². The minimum absolute atomic E-state index is 0.784. The molecule has 2 atom stereocenters. The van der Waals surface area contributed by atoms with Gasteiger partial charge < -0.3 is 5.32 Å². The molecule has 0 radical (unpaired) electrons. The largest absolute Gasteiger partial charge is 0.314 e. The highest BCUT2D eigenvalue weighted by Gasteiger charge is 2.25. The maximum atomic E-state index is 6.07. The Morgan fingerprint density at radius 1 is 0.812 bits per heavy atom. The lowest BCUT2D eigenvalue weighted by atomic mass is 9.80. The van der Waals surface area contributed by atoms with Crippen molar-refractivity contribution in [1.29, 1.82) is 0 Å². The Hall–Kier alpha value is 0.250. The fraction of sp³-hybridized carbons (Fsp3) is 1.00. The molecule has 0 amide bonds. The van der Waals surface area contributed by atoms with Crippen LogP contribution in [0.4, 0.5) is 0 Å². The van der Waals surface area contributed by atoms with Crippen LogP contribution < -0.4 is 5.32 Å². The van der Waals surface area contributed by atoms with Crippen LogP contribution >= 0.6 is 11.6 Å². The van der Waals surface area contributed by atoms with Gasteiger partial charge in [-0.2, -0.15) is 0 Å². The molecule has 2 fully saturated rings. The Morgan fingerprint density at radius 2 is 1.44 bits per heavy atom. The summed E-state index contributed by atoms with van der Waals surface area (Å²) in [6, 6.07) is 0.812. The molecule has 1 N–H and O–H groups in total. The molecule has 2 heteroatoms. The first-order chi connectivity index (χ1) is 7.90. The van der Waals surface area contributed by atoms with Crippen molar-refractivity contribution in [3.63, 3.8) is 0 Å². The number of hydrogen-bond acceptors (Lipinski definition) is 1. The number of rotatable bonds is 4. The summed E-state index contributed by atoms with van der Waals surface area (Å²) in [7, 11) is 0. The molecule has 2 rings (SSSR count). The van der Waals surface area contributed by atoms with Crippen LogP contribution in [0.1, 0.15) is 57.8 Å². The van der Waals surface area contributed by atoms with Crippen LogP contribution in [0.15, 0.2) is 0 Å². The van der Waals surface area contributed by atoms with Crippen LogP contribution in [0.3, 0.4) is 0 Å². The van der Waals surface area contributed by atoms with Gasteiger partial charge in [0.2, 0.25) is 0 Å². The molecule has 2 aliphatic carbocycles. The van der Waals surface area contributed by atoms with Crippen LogP contribution in [0.2, 0.25) is 0 Å². The van der Waals surface area contributed by atoms with E-state index in [-0.39, 0.29) is 0 Å². The van der Waals surface area contributed by atoms with Gasteiger partial charge in [-0.05, 0) is 44.1 Å². The zero-order valence-corrected chi connectivity index (χ0v) is 11.1. The smallest absolute Gasteiger partial charge is 0.0254 e. The summed E-state index contributed by atoms with van der Waals surface area (Å²) in [5, 5.41) is 3.80. The SMILES string of the molecule is ClCC1CCCCC1CNC1CCCCC1. The highest BCUT2D eigenvalue weighted by atomic mass is 35.5. The van der Waals surface area contributed by atoms with Gasteiger partial charge in [0, 0.05) is 11.9 Å². The molecule has 0 aromatic rings. The molecule has 0 heterocycles. The lowest BCUT2D eigenvalue weighted by molar-refractivity contribution is 0.234. The Labute approximate surface area is 105 Å². The van der Waals surface area contributed by atoms with Crippen molar-refractivity contribution >= 4 is 11.6 Å². The molecule has 0 aromatic heterocycles. The lowest BCUT2D eigenvalue weighted by Gasteiger charge is -2.32. The third kappa shape index (κ3) is 3.63. The van der Waals surface area contributed by atoms with Gasteiger partial charge in [-0.25, -0.2) is 0 Å². The van der Waals surface area contributed by atoms with Crippen molar-refractivity contribution in [2.75, 3.05) is 12.4 Å². The summed E-state index contributed by atoms with van der Waals surface area (Å²) < 4.78 is 0. The Balaban J connectivity index is 1.70. The fourth-order valence-corrected chi connectivity index (χ4v) is 3.79. The topological polar surface area (TPSA) is 12.0 Å². The van der Waals surface area contributed by atoms with Crippen molar-refractivity contribution in [3.05, 3.63) is 0 Å². The summed E-state index contributed by atoms with van der Waals surface area (Å²) >= 11 is 6.07. The maximum absolute atomic E-state index is 6.07. The zero-order valence-electron chi connectivity index (χ0n) is 10.4. The van der Waals surface area contributed by atoms with Gasteiger partial charge >= 0.3 is 0 Å². The van der Waals surface area contributed by atoms with Crippen LogP contribution in [0, 0.1) is 11.8 Å². The molecular formula is C14H26ClN. The van der Waals surface area contributed by atoms with E-state index in [9.17, 15) is 0 Å². The fourth-order valence-electron chi connectivity index (χ4n) is 3.38. The standard InChI is InChI=1S/C14H26ClN/c15-10-12-6-4-5-7-13(12)11-16-14-8-2-1-3-9-14/h12-14,16H,1-11H2. The summed E-state index contributed by atoms with van der Waals surface area (Å²) in [4.78, 5) is 0. The third-order valence-corrected chi connectivity index (χ3v) is 4.93. The van der Waals surface area contributed by atoms with Gasteiger partial charge in [-0.1, -0.05) is 32.1 Å². The molecule has 16 heavy (non-hydrogen) atoms. The van der Waals surface area contributed by atoms with E-state index in [0.29, 0.717) is 0 Å². The van der Waals surface area contributed by atoms with Crippen molar-refractivity contribution < 1.29 is 0 Å². The van der Waals surface area contributed by atoms with E-state index >= 15 is 0 Å². The summed E-state index contributed by atoms with van der Waals surface area (Å²) in [5.74, 6) is 2.51. The van der Waals surface area contributed by atoms with E-state index in [1.54, 1.807) is 0 Å². The first kappa shape index (κ1) is 12.7. The minimum atomic E-state index is 0.784. The number of alkyl halides is 1. The summed E-state index contributed by atoms with van der Waals surface area (Å²) in [5.41, 5.74) is 0. The molecule has 0 aromatic carbocycles. The summed E-state index contributed by atoms with van der Waals surface area (Å²) in [6.45, 7) is 1.22. The average molecular weight is 244 g/mol. The summed E-state index contributed by atoms with van der Waals surface area (Å²) in [6.07, 6.45) is 12.7. The van der Waals surface area contributed by atoms with Crippen LogP contribution in [0.5, 0.6) is 0 Å². The second kappa shape index (κ2) is 6.86. The highest BCUT2D eigenvalue weighted by Crippen LogP contribution is 2.30. The highest BCUT2D eigenvalue weighted by molar-refractivity contribution is 6.18. The van der Waals surface area contributed by atoms with Crippen LogP contribution in [-0.4, -0.2) is 18.5 Å². The van der Waals surface area contributed by atoms with Crippen molar-refractivity contribution in [1.82, 2.24) is 5.32 Å². The van der Waals surface area contributed by atoms with E-state index < -0.39 is 0 Å². The normalized spacial score (nSPS) is 32.8. The molecule has 0 saturated heterocycles. The van der Waals surface area contributed by atoms with Crippen LogP contribution in [-0.2, 0) is 0 Å². The number of nitrogens with one attached hydrogen (secondary N) is 1. The Morgan fingerprint density at radius 3 is 2.12 bits per heavy atom. The van der Waals surface area contributed by atoms with Crippen LogP contribution in [0.25, 0.3) is 0 Å². The van der Waals surface area contributed by atoms with Crippen molar-refractivity contribution in [2.24, 2.45) is 11.8 Å². The molecule has 2 aliphatic rings. The second-order valence-corrected chi connectivity index (χ2v) is 6.01.